The Labute approximate surface area is 236 Å². The second-order valence-corrected chi connectivity index (χ2v) is 11.0. The minimum Gasteiger partial charge on any atom is -0.373 e. The molecule has 9 nitrogen and oxygen atoms in total. The van der Waals surface area contributed by atoms with Gasteiger partial charge in [0.2, 0.25) is 0 Å². The van der Waals surface area contributed by atoms with Gasteiger partial charge in [-0.05, 0) is 54.3 Å². The maximum atomic E-state index is 13.5. The first kappa shape index (κ1) is 27.4. The first-order chi connectivity index (χ1) is 19.8. The van der Waals surface area contributed by atoms with E-state index in [2.05, 4.69) is 30.8 Å². The Bertz CT molecular complexity index is 1510. The molecule has 4 N–H and O–H groups in total. The van der Waals surface area contributed by atoms with E-state index in [-0.39, 0.29) is 24.4 Å². The lowest BCUT2D eigenvalue weighted by atomic mass is 10.0. The maximum absolute atomic E-state index is 13.5. The van der Waals surface area contributed by atoms with Crippen molar-refractivity contribution < 1.29 is 18.7 Å². The number of likely N-dealkylation sites (tertiary alicyclic amines) is 1. The highest BCUT2D eigenvalue weighted by Crippen LogP contribution is 2.30. The molecule has 4 heterocycles. The fraction of sp³-hybridized carbons (Fsp3) is 0.400. The molecule has 4 aromatic rings. The van der Waals surface area contributed by atoms with E-state index >= 15 is 0 Å². The van der Waals surface area contributed by atoms with Crippen LogP contribution in [0.25, 0.3) is 22.0 Å². The number of nitrogens with zero attached hydrogens (tertiary/aromatic N) is 4. The number of aromatic amines is 1. The molecule has 1 aliphatic heterocycles. The van der Waals surface area contributed by atoms with E-state index in [0.29, 0.717) is 48.0 Å². The van der Waals surface area contributed by atoms with Crippen LogP contribution in [0.5, 0.6) is 0 Å². The number of aliphatic hydroxyl groups excluding tert-OH is 1. The van der Waals surface area contributed by atoms with Crippen molar-refractivity contribution in [1.29, 1.82) is 0 Å². The summed E-state index contributed by atoms with van der Waals surface area (Å²) in [7, 11) is 0. The van der Waals surface area contributed by atoms with Crippen LogP contribution in [0.2, 0.25) is 0 Å². The normalized spacial score (nSPS) is 18.5. The molecule has 1 amide bonds. The molecule has 1 saturated heterocycles. The Kier molecular flexibility index (Phi) is 7.74. The largest absolute Gasteiger partial charge is 0.373 e. The number of carbonyl (C=O) groups is 1. The topological polar surface area (TPSA) is 119 Å². The predicted octanol–water partition coefficient (Wildman–Crippen LogP) is 5.03. The summed E-state index contributed by atoms with van der Waals surface area (Å²) in [4.78, 5) is 23.9. The van der Waals surface area contributed by atoms with Crippen LogP contribution >= 0.6 is 0 Å². The van der Waals surface area contributed by atoms with Crippen molar-refractivity contribution in [2.45, 2.75) is 63.3 Å². The highest BCUT2D eigenvalue weighted by atomic mass is 19.3. The highest BCUT2D eigenvalue weighted by Gasteiger charge is 2.33. The van der Waals surface area contributed by atoms with E-state index in [1.165, 1.54) is 19.0 Å². The lowest BCUT2D eigenvalue weighted by molar-refractivity contribution is -0.0566. The molecule has 214 valence electrons. The maximum Gasteiger partial charge on any atom is 0.276 e. The number of fused-ring (bicyclic) bond motifs is 1. The molecule has 1 aromatic carbocycles. The van der Waals surface area contributed by atoms with E-state index in [4.69, 9.17) is 0 Å². The first-order valence-corrected chi connectivity index (χ1v) is 14.1. The molecular formula is C30H33F2N7O2. The number of rotatable bonds is 8. The number of aliphatic hydroxyl groups is 1. The van der Waals surface area contributed by atoms with E-state index in [9.17, 15) is 18.7 Å². The summed E-state index contributed by atoms with van der Waals surface area (Å²) in [6, 6.07) is 11.4. The van der Waals surface area contributed by atoms with Gasteiger partial charge in [0.25, 0.3) is 11.8 Å². The summed E-state index contributed by atoms with van der Waals surface area (Å²) in [6.45, 7) is 1.26. The second kappa shape index (κ2) is 11.6. The molecule has 3 aromatic heterocycles. The van der Waals surface area contributed by atoms with Crippen LogP contribution in [-0.4, -0.2) is 61.1 Å². The van der Waals surface area contributed by atoms with Gasteiger partial charge in [-0.1, -0.05) is 18.9 Å². The molecule has 41 heavy (non-hydrogen) atoms. The number of nitrogens with one attached hydrogen (secondary N) is 3. The molecule has 1 unspecified atom stereocenters. The van der Waals surface area contributed by atoms with Gasteiger partial charge in [-0.25, -0.2) is 8.78 Å². The summed E-state index contributed by atoms with van der Waals surface area (Å²) in [6.07, 6.45) is 8.36. The SMILES string of the molecule is O=C(Nc1ccc(C(O)NC2CCCC2)nc1)c1n[nH]c2ccc(-c3cncc(CN4CCC(F)(F)CC4)c3)cc12. The first-order valence-electron chi connectivity index (χ1n) is 14.1. The molecule has 1 atom stereocenters. The molecule has 11 heteroatoms. The number of hydrogen-bond donors (Lipinski definition) is 4. The monoisotopic (exact) mass is 561 g/mol. The van der Waals surface area contributed by atoms with Crippen LogP contribution in [0.15, 0.2) is 55.0 Å². The molecule has 2 aliphatic rings. The Balaban J connectivity index is 1.14. The van der Waals surface area contributed by atoms with Crippen molar-refractivity contribution in [2.24, 2.45) is 0 Å². The molecular weight excluding hydrogens is 528 g/mol. The standard InChI is InChI=1S/C30H33F2N7O2/c31-30(32)9-11-39(12-10-30)18-19-13-21(16-33-15-19)20-5-7-25-24(14-20)27(38-37-25)29(41)36-23-6-8-26(34-17-23)28(40)35-22-3-1-2-4-22/h5-8,13-17,22,28,35,40H,1-4,9-12,18H2,(H,36,41)(H,37,38). The third kappa shape index (κ3) is 6.42. The lowest BCUT2D eigenvalue weighted by Crippen LogP contribution is -2.38. The van der Waals surface area contributed by atoms with Gasteiger partial charge in [0, 0.05) is 61.9 Å². The zero-order valence-electron chi connectivity index (χ0n) is 22.6. The van der Waals surface area contributed by atoms with Crippen molar-refractivity contribution in [3.8, 4) is 11.1 Å². The van der Waals surface area contributed by atoms with Crippen molar-refractivity contribution in [3.63, 3.8) is 0 Å². The van der Waals surface area contributed by atoms with Crippen molar-refractivity contribution >= 4 is 22.5 Å². The number of hydrogen-bond acceptors (Lipinski definition) is 7. The average molecular weight is 562 g/mol. The summed E-state index contributed by atoms with van der Waals surface area (Å²) < 4.78 is 27.1. The van der Waals surface area contributed by atoms with E-state index in [0.717, 1.165) is 29.5 Å². The van der Waals surface area contributed by atoms with Crippen LogP contribution < -0.4 is 10.6 Å². The zero-order chi connectivity index (χ0) is 28.4. The Hall–Kier alpha value is -3.80. The Morgan fingerprint density at radius 1 is 1.07 bits per heavy atom. The number of pyridine rings is 2. The molecule has 6 rings (SSSR count). The number of carbonyl (C=O) groups excluding carboxylic acids is 1. The Morgan fingerprint density at radius 3 is 2.63 bits per heavy atom. The average Bonchev–Trinajstić information content (AvgIpc) is 3.64. The van der Waals surface area contributed by atoms with Gasteiger partial charge in [0.05, 0.1) is 23.1 Å². The van der Waals surface area contributed by atoms with Crippen LogP contribution in [0.3, 0.4) is 0 Å². The van der Waals surface area contributed by atoms with E-state index < -0.39 is 12.2 Å². The molecule has 0 bridgehead atoms. The second-order valence-electron chi connectivity index (χ2n) is 11.0. The minimum atomic E-state index is -2.57. The van der Waals surface area contributed by atoms with Gasteiger partial charge >= 0.3 is 0 Å². The third-order valence-corrected chi connectivity index (χ3v) is 7.97. The third-order valence-electron chi connectivity index (χ3n) is 7.97. The van der Waals surface area contributed by atoms with Crippen LogP contribution in [0.1, 0.15) is 66.5 Å². The number of amides is 1. The van der Waals surface area contributed by atoms with Gasteiger partial charge in [0.15, 0.2) is 5.69 Å². The van der Waals surface area contributed by atoms with Gasteiger partial charge in [-0.3, -0.25) is 30.1 Å². The Morgan fingerprint density at radius 2 is 1.88 bits per heavy atom. The molecule has 0 spiro atoms. The molecule has 2 fully saturated rings. The summed E-state index contributed by atoms with van der Waals surface area (Å²) in [5, 5.41) is 24.3. The number of aromatic nitrogens is 4. The number of benzene rings is 1. The van der Waals surface area contributed by atoms with Crippen LogP contribution in [0, 0.1) is 0 Å². The number of alkyl halides is 2. The highest BCUT2D eigenvalue weighted by molar-refractivity contribution is 6.11. The van der Waals surface area contributed by atoms with Crippen LogP contribution in [0.4, 0.5) is 14.5 Å². The summed E-state index contributed by atoms with van der Waals surface area (Å²) in [5.41, 5.74) is 4.62. The molecule has 1 saturated carbocycles. The zero-order valence-corrected chi connectivity index (χ0v) is 22.6. The van der Waals surface area contributed by atoms with E-state index in [1.54, 1.807) is 24.5 Å². The van der Waals surface area contributed by atoms with Crippen molar-refractivity contribution in [1.82, 2.24) is 30.4 Å². The van der Waals surface area contributed by atoms with Gasteiger partial charge in [0.1, 0.15) is 6.23 Å². The molecule has 1 aliphatic carbocycles. The van der Waals surface area contributed by atoms with Crippen molar-refractivity contribution in [2.75, 3.05) is 18.4 Å². The smallest absolute Gasteiger partial charge is 0.276 e. The van der Waals surface area contributed by atoms with Crippen LogP contribution in [-0.2, 0) is 6.54 Å². The molecule has 0 radical (unpaired) electrons. The summed E-state index contributed by atoms with van der Waals surface area (Å²) >= 11 is 0. The van der Waals surface area contributed by atoms with Crippen molar-refractivity contribution in [3.05, 3.63) is 71.9 Å². The van der Waals surface area contributed by atoms with Gasteiger partial charge in [-0.2, -0.15) is 5.10 Å². The fourth-order valence-corrected chi connectivity index (χ4v) is 5.63. The van der Waals surface area contributed by atoms with E-state index in [1.807, 2.05) is 29.2 Å². The quantitative estimate of drug-likeness (QED) is 0.223. The number of anilines is 1. The number of halogens is 2. The predicted molar refractivity (Wildman–Crippen MR) is 151 cm³/mol. The van der Waals surface area contributed by atoms with Gasteiger partial charge in [-0.15, -0.1) is 0 Å². The summed E-state index contributed by atoms with van der Waals surface area (Å²) in [5.74, 6) is -2.96. The fourth-order valence-electron chi connectivity index (χ4n) is 5.63. The number of piperidine rings is 1. The van der Waals surface area contributed by atoms with Gasteiger partial charge < -0.3 is 10.4 Å². The lowest BCUT2D eigenvalue weighted by Gasteiger charge is -2.31. The number of H-pyrrole nitrogens is 1. The minimum absolute atomic E-state index is 0.123.